The van der Waals surface area contributed by atoms with Crippen molar-refractivity contribution in [2.45, 2.75) is 38.1 Å². The zero-order valence-electron chi connectivity index (χ0n) is 16.4. The molecule has 1 atom stereocenters. The molecule has 1 unspecified atom stereocenters. The summed E-state index contributed by atoms with van der Waals surface area (Å²) in [5.74, 6) is 0.288. The van der Waals surface area contributed by atoms with E-state index in [9.17, 15) is 9.18 Å². The minimum atomic E-state index is -0.191. The summed E-state index contributed by atoms with van der Waals surface area (Å²) in [5, 5.41) is 2.02. The van der Waals surface area contributed by atoms with E-state index in [2.05, 4.69) is 9.30 Å². The number of benzene rings is 1. The average Bonchev–Trinajstić information content (AvgIpc) is 3.47. The maximum absolute atomic E-state index is 13.2. The monoisotopic (exact) mass is 412 g/mol. The van der Waals surface area contributed by atoms with Crippen LogP contribution in [0.3, 0.4) is 0 Å². The van der Waals surface area contributed by atoms with Crippen LogP contribution in [0.4, 0.5) is 4.39 Å². The molecule has 29 heavy (non-hydrogen) atoms. The van der Waals surface area contributed by atoms with E-state index in [1.807, 2.05) is 28.6 Å². The summed E-state index contributed by atoms with van der Waals surface area (Å²) in [7, 11) is 0. The van der Waals surface area contributed by atoms with Gasteiger partial charge >= 0.3 is 0 Å². The second kappa shape index (κ2) is 7.88. The molecule has 2 aliphatic heterocycles. The van der Waals surface area contributed by atoms with Crippen molar-refractivity contribution in [2.24, 2.45) is 0 Å². The van der Waals surface area contributed by atoms with Crippen molar-refractivity contribution in [3.63, 3.8) is 0 Å². The van der Waals surface area contributed by atoms with Crippen LogP contribution in [-0.2, 0) is 6.54 Å². The molecular formula is C22H25FN4OS. The molecule has 0 radical (unpaired) electrons. The molecule has 0 saturated carbocycles. The topological polar surface area (TPSA) is 40.9 Å². The van der Waals surface area contributed by atoms with Crippen LogP contribution >= 0.6 is 11.3 Å². The number of thiazole rings is 1. The second-order valence-electron chi connectivity index (χ2n) is 8.09. The normalized spacial score (nSPS) is 20.6. The Labute approximate surface area is 173 Å². The van der Waals surface area contributed by atoms with E-state index in [0.29, 0.717) is 18.2 Å². The van der Waals surface area contributed by atoms with Gasteiger partial charge in [-0.3, -0.25) is 14.1 Å². The molecule has 4 heterocycles. The molecule has 2 saturated heterocycles. The summed E-state index contributed by atoms with van der Waals surface area (Å²) in [6, 6.07) is 6.87. The molecule has 0 spiro atoms. The van der Waals surface area contributed by atoms with Crippen LogP contribution in [0.5, 0.6) is 0 Å². The lowest BCUT2D eigenvalue weighted by atomic mass is 9.99. The number of rotatable bonds is 4. The van der Waals surface area contributed by atoms with Crippen LogP contribution in [0.25, 0.3) is 4.96 Å². The first-order valence-corrected chi connectivity index (χ1v) is 11.3. The van der Waals surface area contributed by atoms with Gasteiger partial charge in [0.05, 0.1) is 5.69 Å². The fourth-order valence-corrected chi connectivity index (χ4v) is 5.33. The number of imidazole rings is 1. The highest BCUT2D eigenvalue weighted by atomic mass is 32.1. The first-order chi connectivity index (χ1) is 14.2. The third-order valence-electron chi connectivity index (χ3n) is 6.19. The minimum absolute atomic E-state index is 0.0740. The van der Waals surface area contributed by atoms with Gasteiger partial charge in [0, 0.05) is 37.8 Å². The number of hydrogen-bond acceptors (Lipinski definition) is 4. The number of aromatic nitrogens is 2. The lowest BCUT2D eigenvalue weighted by molar-refractivity contribution is 0.0716. The lowest BCUT2D eigenvalue weighted by Crippen LogP contribution is -2.36. The number of hydrogen-bond donors (Lipinski definition) is 0. The standard InChI is InChI=1S/C22H25FN4OS/c23-18-6-4-16(5-7-18)17-8-11-25(14-17)15-19-20(24-22-27(19)12-13-29-22)21(28)26-9-2-1-3-10-26/h4-7,12-13,17H,1-3,8-11,14-15H2. The lowest BCUT2D eigenvalue weighted by Gasteiger charge is -2.26. The molecule has 2 aliphatic rings. The average molecular weight is 413 g/mol. The molecule has 5 rings (SSSR count). The summed E-state index contributed by atoms with van der Waals surface area (Å²) in [4.78, 5) is 23.1. The predicted octanol–water partition coefficient (Wildman–Crippen LogP) is 4.15. The molecule has 0 N–H and O–H groups in total. The van der Waals surface area contributed by atoms with Gasteiger partial charge in [0.2, 0.25) is 0 Å². The third-order valence-corrected chi connectivity index (χ3v) is 6.95. The van der Waals surface area contributed by atoms with Crippen molar-refractivity contribution >= 4 is 22.2 Å². The first kappa shape index (κ1) is 18.8. The van der Waals surface area contributed by atoms with Gasteiger partial charge in [-0.2, -0.15) is 0 Å². The maximum Gasteiger partial charge on any atom is 0.274 e. The van der Waals surface area contributed by atoms with Gasteiger partial charge in [-0.05, 0) is 55.8 Å². The highest BCUT2D eigenvalue weighted by Crippen LogP contribution is 2.30. The van der Waals surface area contributed by atoms with Crippen LogP contribution in [0.15, 0.2) is 35.8 Å². The van der Waals surface area contributed by atoms with Crippen molar-refractivity contribution in [1.29, 1.82) is 0 Å². The maximum atomic E-state index is 13.2. The number of piperidine rings is 1. The Balaban J connectivity index is 1.36. The highest BCUT2D eigenvalue weighted by Gasteiger charge is 2.29. The van der Waals surface area contributed by atoms with E-state index >= 15 is 0 Å². The van der Waals surface area contributed by atoms with Crippen molar-refractivity contribution < 1.29 is 9.18 Å². The minimum Gasteiger partial charge on any atom is -0.337 e. The number of halogens is 1. The van der Waals surface area contributed by atoms with E-state index in [0.717, 1.165) is 56.1 Å². The van der Waals surface area contributed by atoms with Crippen molar-refractivity contribution in [3.05, 3.63) is 58.6 Å². The third kappa shape index (κ3) is 3.69. The summed E-state index contributed by atoms with van der Waals surface area (Å²) in [6.45, 7) is 4.27. The van der Waals surface area contributed by atoms with Gasteiger partial charge in [-0.1, -0.05) is 12.1 Å². The number of nitrogens with zero attached hydrogens (tertiary/aromatic N) is 4. The van der Waals surface area contributed by atoms with Crippen LogP contribution in [-0.4, -0.2) is 51.3 Å². The number of carbonyl (C=O) groups is 1. The summed E-state index contributed by atoms with van der Waals surface area (Å²) in [6.07, 6.45) is 6.42. The van der Waals surface area contributed by atoms with E-state index in [4.69, 9.17) is 4.98 Å². The predicted molar refractivity (Wildman–Crippen MR) is 112 cm³/mol. The van der Waals surface area contributed by atoms with Crippen LogP contribution in [0.1, 0.15) is 53.3 Å². The van der Waals surface area contributed by atoms with Crippen LogP contribution in [0.2, 0.25) is 0 Å². The Morgan fingerprint density at radius 3 is 2.72 bits per heavy atom. The summed E-state index contributed by atoms with van der Waals surface area (Å²) >= 11 is 1.57. The Morgan fingerprint density at radius 2 is 1.93 bits per heavy atom. The van der Waals surface area contributed by atoms with E-state index in [1.165, 1.54) is 12.0 Å². The zero-order chi connectivity index (χ0) is 19.8. The number of fused-ring (bicyclic) bond motifs is 1. The van der Waals surface area contributed by atoms with E-state index in [1.54, 1.807) is 23.5 Å². The highest BCUT2D eigenvalue weighted by molar-refractivity contribution is 7.15. The summed E-state index contributed by atoms with van der Waals surface area (Å²) < 4.78 is 15.3. The number of amides is 1. The Kier molecular flexibility index (Phi) is 5.09. The fourth-order valence-electron chi connectivity index (χ4n) is 4.60. The number of carbonyl (C=O) groups excluding carboxylic acids is 1. The quantitative estimate of drug-likeness (QED) is 0.646. The van der Waals surface area contributed by atoms with Crippen LogP contribution in [0, 0.1) is 5.82 Å². The first-order valence-electron chi connectivity index (χ1n) is 10.4. The fraction of sp³-hybridized carbons (Fsp3) is 0.455. The van der Waals surface area contributed by atoms with E-state index in [-0.39, 0.29) is 11.7 Å². The van der Waals surface area contributed by atoms with Gasteiger partial charge in [-0.15, -0.1) is 11.3 Å². The molecule has 0 aliphatic carbocycles. The zero-order valence-corrected chi connectivity index (χ0v) is 17.2. The molecule has 2 fully saturated rings. The van der Waals surface area contributed by atoms with Gasteiger partial charge in [0.15, 0.2) is 10.7 Å². The van der Waals surface area contributed by atoms with Crippen molar-refractivity contribution in [3.8, 4) is 0 Å². The molecule has 7 heteroatoms. The van der Waals surface area contributed by atoms with Crippen molar-refractivity contribution in [2.75, 3.05) is 26.2 Å². The molecule has 152 valence electrons. The molecule has 3 aromatic rings. The summed E-state index contributed by atoms with van der Waals surface area (Å²) in [5.41, 5.74) is 2.80. The molecule has 2 aromatic heterocycles. The largest absolute Gasteiger partial charge is 0.337 e. The van der Waals surface area contributed by atoms with Gasteiger partial charge < -0.3 is 4.90 Å². The Bertz CT molecular complexity index is 1010. The van der Waals surface area contributed by atoms with Crippen LogP contribution < -0.4 is 0 Å². The van der Waals surface area contributed by atoms with Gasteiger partial charge in [-0.25, -0.2) is 9.37 Å². The van der Waals surface area contributed by atoms with Crippen molar-refractivity contribution in [1.82, 2.24) is 19.2 Å². The molecule has 0 bridgehead atoms. The Morgan fingerprint density at radius 1 is 1.14 bits per heavy atom. The SMILES string of the molecule is O=C(c1nc2sccn2c1CN1CCC(c2ccc(F)cc2)C1)N1CCCCC1. The Hall–Kier alpha value is -2.25. The number of likely N-dealkylation sites (tertiary alicyclic amines) is 2. The van der Waals surface area contributed by atoms with Gasteiger partial charge in [0.1, 0.15) is 5.82 Å². The smallest absolute Gasteiger partial charge is 0.274 e. The molecule has 1 amide bonds. The van der Waals surface area contributed by atoms with Gasteiger partial charge in [0.25, 0.3) is 5.91 Å². The molecule has 5 nitrogen and oxygen atoms in total. The molecular weight excluding hydrogens is 387 g/mol. The van der Waals surface area contributed by atoms with E-state index < -0.39 is 0 Å². The second-order valence-corrected chi connectivity index (χ2v) is 8.96. The molecule has 1 aromatic carbocycles.